The van der Waals surface area contributed by atoms with Crippen molar-refractivity contribution in [2.75, 3.05) is 45.5 Å². The molecular formula is C40H50N3O11PS2. The summed E-state index contributed by atoms with van der Waals surface area (Å²) in [4.78, 5) is 42.1. The van der Waals surface area contributed by atoms with Gasteiger partial charge >= 0.3 is 13.5 Å². The molecule has 0 aliphatic carbocycles. The average Bonchev–Trinajstić information content (AvgIpc) is 3.70. The van der Waals surface area contributed by atoms with E-state index in [9.17, 15) is 14.2 Å². The first-order valence-corrected chi connectivity index (χ1v) is 22.4. The van der Waals surface area contributed by atoms with Crippen LogP contribution >= 0.6 is 29.4 Å². The van der Waals surface area contributed by atoms with Crippen molar-refractivity contribution in [1.82, 2.24) is 9.55 Å². The van der Waals surface area contributed by atoms with Crippen molar-refractivity contribution in [1.29, 1.82) is 5.26 Å². The molecule has 17 heteroatoms. The van der Waals surface area contributed by atoms with Crippen LogP contribution in [0.15, 0.2) is 101 Å². The first kappa shape index (κ1) is 45.8. The molecule has 3 aromatic carbocycles. The Hall–Kier alpha value is -3.88. The number of nitriles is 1. The van der Waals surface area contributed by atoms with Gasteiger partial charge in [-0.05, 0) is 66.6 Å². The van der Waals surface area contributed by atoms with Gasteiger partial charge in [-0.3, -0.25) is 18.9 Å². The molecule has 57 heavy (non-hydrogen) atoms. The van der Waals surface area contributed by atoms with Crippen molar-refractivity contribution in [2.24, 2.45) is 0 Å². The zero-order valence-corrected chi connectivity index (χ0v) is 34.7. The highest BCUT2D eigenvalue weighted by atomic mass is 33.1. The van der Waals surface area contributed by atoms with E-state index in [-0.39, 0.29) is 25.7 Å². The van der Waals surface area contributed by atoms with Crippen molar-refractivity contribution in [2.45, 2.75) is 63.1 Å². The lowest BCUT2D eigenvalue weighted by atomic mass is 9.80. The highest BCUT2D eigenvalue weighted by molar-refractivity contribution is 8.76. The zero-order chi connectivity index (χ0) is 41.1. The number of rotatable bonds is 15. The van der Waals surface area contributed by atoms with Gasteiger partial charge in [-0.25, -0.2) is 9.36 Å². The molecule has 0 radical (unpaired) electrons. The van der Waals surface area contributed by atoms with Crippen LogP contribution in [0.1, 0.15) is 61.9 Å². The van der Waals surface area contributed by atoms with Crippen LogP contribution in [0.4, 0.5) is 0 Å². The van der Waals surface area contributed by atoms with Gasteiger partial charge in [0, 0.05) is 30.4 Å². The molecule has 3 atom stereocenters. The molecule has 4 aromatic rings. The molecule has 0 amide bonds. The molecule has 2 fully saturated rings. The molecule has 0 unspecified atom stereocenters. The maximum atomic E-state index is 12.3. The van der Waals surface area contributed by atoms with Crippen LogP contribution in [-0.4, -0.2) is 77.1 Å². The SMILES string of the molecule is CCCO[C@H]1CCSSC1.COc1ccc(C(OC[C@@H]2CC[C@H](n3ccc(=O)[nH]c3=O)O2)(c2ccccc2)c2ccc(OC)cc2)cc1.N#CCCOP(=O)(O)O. The quantitative estimate of drug-likeness (QED) is 0.0489. The van der Waals surface area contributed by atoms with Gasteiger partial charge in [-0.15, -0.1) is 0 Å². The van der Waals surface area contributed by atoms with E-state index in [0.29, 0.717) is 18.9 Å². The summed E-state index contributed by atoms with van der Waals surface area (Å²) in [6.07, 6.45) is 5.01. The van der Waals surface area contributed by atoms with E-state index in [4.69, 9.17) is 38.7 Å². The summed E-state index contributed by atoms with van der Waals surface area (Å²) < 4.78 is 44.7. The Morgan fingerprint density at radius 2 is 1.53 bits per heavy atom. The van der Waals surface area contributed by atoms with Gasteiger partial charge in [-0.2, -0.15) is 5.26 Å². The lowest BCUT2D eigenvalue weighted by molar-refractivity contribution is -0.0774. The first-order valence-electron chi connectivity index (χ1n) is 18.4. The number of methoxy groups -OCH3 is 2. The van der Waals surface area contributed by atoms with Crippen molar-refractivity contribution in [3.05, 3.63) is 129 Å². The van der Waals surface area contributed by atoms with Crippen molar-refractivity contribution in [3.63, 3.8) is 0 Å². The third kappa shape index (κ3) is 14.2. The summed E-state index contributed by atoms with van der Waals surface area (Å²) in [6, 6.07) is 28.8. The Bertz CT molecular complexity index is 1930. The second kappa shape index (κ2) is 23.5. The van der Waals surface area contributed by atoms with E-state index < -0.39 is 30.9 Å². The minimum absolute atomic E-state index is 0.00882. The predicted octanol–water partition coefficient (Wildman–Crippen LogP) is 6.82. The number of hydrogen-bond acceptors (Lipinski definition) is 12. The predicted molar refractivity (Wildman–Crippen MR) is 221 cm³/mol. The lowest BCUT2D eigenvalue weighted by Crippen LogP contribution is -2.36. The van der Waals surface area contributed by atoms with E-state index in [1.54, 1.807) is 20.3 Å². The maximum Gasteiger partial charge on any atom is 0.469 e. The molecule has 3 N–H and O–H groups in total. The molecule has 2 saturated heterocycles. The molecule has 6 rings (SSSR count). The minimum Gasteiger partial charge on any atom is -0.497 e. The van der Waals surface area contributed by atoms with E-state index in [2.05, 4.69) is 16.4 Å². The van der Waals surface area contributed by atoms with Crippen LogP contribution in [0.25, 0.3) is 0 Å². The van der Waals surface area contributed by atoms with Gasteiger partial charge in [0.2, 0.25) is 0 Å². The number of phosphoric acid groups is 1. The van der Waals surface area contributed by atoms with Gasteiger partial charge in [-0.1, -0.05) is 83.1 Å². The fourth-order valence-electron chi connectivity index (χ4n) is 6.03. The van der Waals surface area contributed by atoms with Crippen molar-refractivity contribution < 1.29 is 42.6 Å². The zero-order valence-electron chi connectivity index (χ0n) is 32.2. The number of ether oxygens (including phenoxy) is 5. The monoisotopic (exact) mass is 843 g/mol. The highest BCUT2D eigenvalue weighted by Crippen LogP contribution is 2.43. The first-order chi connectivity index (χ1) is 27.5. The molecule has 14 nitrogen and oxygen atoms in total. The molecule has 0 spiro atoms. The number of benzene rings is 3. The molecule has 0 bridgehead atoms. The number of phosphoric ester groups is 1. The van der Waals surface area contributed by atoms with Gasteiger partial charge in [0.25, 0.3) is 5.56 Å². The van der Waals surface area contributed by atoms with Crippen molar-refractivity contribution in [3.8, 4) is 17.6 Å². The second-order valence-corrected chi connectivity index (χ2v) is 16.6. The van der Waals surface area contributed by atoms with Gasteiger partial charge in [0.05, 0.1) is 52.1 Å². The van der Waals surface area contributed by atoms with Crippen LogP contribution in [0.2, 0.25) is 0 Å². The average molecular weight is 844 g/mol. The summed E-state index contributed by atoms with van der Waals surface area (Å²) in [6.45, 7) is 3.16. The number of nitrogens with one attached hydrogen (secondary N) is 1. The maximum absolute atomic E-state index is 12.3. The summed E-state index contributed by atoms with van der Waals surface area (Å²) in [5, 5.41) is 7.88. The number of nitrogens with zero attached hydrogens (tertiary/aromatic N) is 2. The fraction of sp³-hybridized carbons (Fsp3) is 0.425. The van der Waals surface area contributed by atoms with E-state index in [1.807, 2.05) is 100 Å². The number of H-pyrrole nitrogens is 1. The highest BCUT2D eigenvalue weighted by Gasteiger charge is 2.40. The Labute approximate surface area is 340 Å². The van der Waals surface area contributed by atoms with Crippen LogP contribution in [-0.2, 0) is 28.9 Å². The third-order valence-corrected chi connectivity index (χ3v) is 11.8. The van der Waals surface area contributed by atoms with Crippen LogP contribution in [0.5, 0.6) is 11.5 Å². The largest absolute Gasteiger partial charge is 0.497 e. The van der Waals surface area contributed by atoms with Crippen molar-refractivity contribution >= 4 is 29.4 Å². The fourth-order valence-corrected chi connectivity index (χ4v) is 8.74. The summed E-state index contributed by atoms with van der Waals surface area (Å²) in [5.74, 6) is 3.95. The van der Waals surface area contributed by atoms with Crippen LogP contribution in [0, 0.1) is 11.3 Å². The smallest absolute Gasteiger partial charge is 0.469 e. The normalized spacial score (nSPS) is 17.9. The topological polar surface area (TPSA) is 192 Å². The minimum atomic E-state index is -4.35. The summed E-state index contributed by atoms with van der Waals surface area (Å²) >= 11 is 0. The molecule has 2 aliphatic heterocycles. The molecule has 1 aromatic heterocycles. The number of aromatic amines is 1. The van der Waals surface area contributed by atoms with Gasteiger partial charge in [0.15, 0.2) is 0 Å². The Morgan fingerprint density at radius 1 is 0.895 bits per heavy atom. The molecule has 3 heterocycles. The van der Waals surface area contributed by atoms with E-state index >= 15 is 0 Å². The summed E-state index contributed by atoms with van der Waals surface area (Å²) in [7, 11) is 2.85. The van der Waals surface area contributed by atoms with Crippen LogP contribution < -0.4 is 20.7 Å². The van der Waals surface area contributed by atoms with Crippen LogP contribution in [0.3, 0.4) is 0 Å². The third-order valence-electron chi connectivity index (χ3n) is 8.80. The summed E-state index contributed by atoms with van der Waals surface area (Å²) in [5.41, 5.74) is 0.953. The van der Waals surface area contributed by atoms with Gasteiger partial charge < -0.3 is 33.5 Å². The Balaban J connectivity index is 0.000000311. The molecule has 2 aliphatic rings. The Kier molecular flexibility index (Phi) is 18.9. The number of hydrogen-bond donors (Lipinski definition) is 3. The molecule has 308 valence electrons. The standard InChI is InChI=1S/C30H30N2O6.C7H14OS2.C3H6NO4P/c1-35-24-12-8-22(9-13-24)30(21-6-4-3-5-7-21,23-10-14-25(36-2)15-11-23)37-20-26-16-17-28(38-26)32-19-18-27(33)31-29(32)34;1-2-4-8-7-3-5-9-10-6-7;4-2-1-3-8-9(5,6)7/h3-15,18-19,26,28H,16-17,20H2,1-2H3,(H,31,33,34);7H,2-6H2,1H3;1,3H2,(H2,5,6,7)/t26-,28+;7-;/m00./s1. The second-order valence-electron chi connectivity index (χ2n) is 12.7. The van der Waals surface area contributed by atoms with E-state index in [1.165, 1.54) is 34.8 Å². The lowest BCUT2D eigenvalue weighted by Gasteiger charge is -2.37. The molecule has 0 saturated carbocycles. The molecular weight excluding hydrogens is 794 g/mol. The van der Waals surface area contributed by atoms with E-state index in [0.717, 1.165) is 41.2 Å². The Morgan fingerprint density at radius 3 is 2.05 bits per heavy atom. The number of aromatic nitrogens is 2. The van der Waals surface area contributed by atoms with Gasteiger partial charge in [0.1, 0.15) is 23.3 Å².